The first-order valence-electron chi connectivity index (χ1n) is 12.5. The van der Waals surface area contributed by atoms with E-state index in [1.54, 1.807) is 6.07 Å². The highest BCUT2D eigenvalue weighted by molar-refractivity contribution is 5.95. The number of benzene rings is 3. The normalized spacial score (nSPS) is 11.3. The minimum Gasteiger partial charge on any atom is -0.366 e. The number of primary amides is 1. The molecule has 0 radical (unpaired) electrons. The molecule has 0 spiro atoms. The molecule has 0 aliphatic carbocycles. The molecular weight excluding hydrogens is 446 g/mol. The molecule has 5 rings (SSSR count). The summed E-state index contributed by atoms with van der Waals surface area (Å²) >= 11 is 0. The summed E-state index contributed by atoms with van der Waals surface area (Å²) in [5.74, 6) is -0.417. The summed E-state index contributed by atoms with van der Waals surface area (Å²) in [5.41, 5.74) is 14.7. The van der Waals surface area contributed by atoms with Gasteiger partial charge in [-0.05, 0) is 61.6 Å². The van der Waals surface area contributed by atoms with Crippen LogP contribution in [-0.2, 0) is 25.8 Å². The van der Waals surface area contributed by atoms with Crippen molar-refractivity contribution >= 4 is 16.8 Å². The predicted molar refractivity (Wildman–Crippen MR) is 144 cm³/mol. The first-order valence-corrected chi connectivity index (χ1v) is 12.5. The minimum atomic E-state index is -0.417. The average molecular weight is 478 g/mol. The number of hydrogen-bond acceptors (Lipinski definition) is 3. The van der Waals surface area contributed by atoms with Crippen LogP contribution in [0.25, 0.3) is 27.8 Å². The fourth-order valence-electron chi connectivity index (χ4n) is 4.94. The summed E-state index contributed by atoms with van der Waals surface area (Å²) in [6.45, 7) is 7.17. The molecule has 182 valence electrons. The van der Waals surface area contributed by atoms with Crippen molar-refractivity contribution in [3.8, 4) is 16.9 Å². The molecule has 5 aromatic rings. The Morgan fingerprint density at radius 3 is 2.47 bits per heavy atom. The molecule has 0 saturated heterocycles. The molecule has 36 heavy (non-hydrogen) atoms. The van der Waals surface area contributed by atoms with E-state index in [9.17, 15) is 4.79 Å². The second-order valence-corrected chi connectivity index (χ2v) is 9.11. The predicted octanol–water partition coefficient (Wildman–Crippen LogP) is 5.66. The molecule has 0 fully saturated rings. The number of hydrogen-bond donors (Lipinski definition) is 1. The van der Waals surface area contributed by atoms with Crippen molar-refractivity contribution in [3.63, 3.8) is 0 Å². The maximum Gasteiger partial charge on any atom is 0.248 e. The van der Waals surface area contributed by atoms with Crippen LogP contribution in [0, 0.1) is 6.92 Å². The third kappa shape index (κ3) is 4.31. The van der Waals surface area contributed by atoms with Crippen molar-refractivity contribution in [1.82, 2.24) is 19.6 Å². The lowest BCUT2D eigenvalue weighted by Crippen LogP contribution is -2.12. The Morgan fingerprint density at radius 1 is 0.944 bits per heavy atom. The molecule has 2 N–H and O–H groups in total. The third-order valence-electron chi connectivity index (χ3n) is 6.89. The molecule has 6 heteroatoms. The molecule has 0 atom stereocenters. The van der Waals surface area contributed by atoms with E-state index >= 15 is 0 Å². The van der Waals surface area contributed by atoms with E-state index in [-0.39, 0.29) is 0 Å². The van der Waals surface area contributed by atoms with Crippen molar-refractivity contribution in [2.45, 2.75) is 46.6 Å². The molecule has 1 amide bonds. The standard InChI is InChI=1S/C30H31N5O/c1-4-22-18-23(30(31)36)14-15-28(22)35-20(3)24(5-2)29(33-35)25-12-9-13-27-26(25)19-34(32-27)17-16-21-10-7-6-8-11-21/h6-15,18-19H,4-5,16-17H2,1-3H3,(H2,31,36). The highest BCUT2D eigenvalue weighted by atomic mass is 16.1. The number of aryl methyl sites for hydroxylation is 3. The van der Waals surface area contributed by atoms with E-state index in [0.29, 0.717) is 5.56 Å². The summed E-state index contributed by atoms with van der Waals surface area (Å²) in [6, 6.07) is 22.3. The Balaban J connectivity index is 1.57. The van der Waals surface area contributed by atoms with E-state index in [0.717, 1.165) is 64.9 Å². The lowest BCUT2D eigenvalue weighted by molar-refractivity contribution is 0.1000. The van der Waals surface area contributed by atoms with Crippen LogP contribution in [0.4, 0.5) is 0 Å². The van der Waals surface area contributed by atoms with Crippen molar-refractivity contribution in [1.29, 1.82) is 0 Å². The van der Waals surface area contributed by atoms with Crippen LogP contribution >= 0.6 is 0 Å². The van der Waals surface area contributed by atoms with E-state index < -0.39 is 5.91 Å². The van der Waals surface area contributed by atoms with Gasteiger partial charge < -0.3 is 5.73 Å². The first kappa shape index (κ1) is 23.5. The monoisotopic (exact) mass is 477 g/mol. The fraction of sp³-hybridized carbons (Fsp3) is 0.233. The molecular formula is C30H31N5O. The van der Waals surface area contributed by atoms with Gasteiger partial charge in [-0.1, -0.05) is 56.3 Å². The van der Waals surface area contributed by atoms with Gasteiger partial charge in [-0.25, -0.2) is 4.68 Å². The average Bonchev–Trinajstić information content (AvgIpc) is 3.47. The summed E-state index contributed by atoms with van der Waals surface area (Å²) < 4.78 is 4.05. The first-order chi connectivity index (χ1) is 17.5. The van der Waals surface area contributed by atoms with Gasteiger partial charge in [0.05, 0.1) is 16.9 Å². The fourth-order valence-corrected chi connectivity index (χ4v) is 4.94. The van der Waals surface area contributed by atoms with E-state index in [1.165, 1.54) is 11.1 Å². The lowest BCUT2D eigenvalue weighted by Gasteiger charge is -2.11. The number of nitrogens with zero attached hydrogens (tertiary/aromatic N) is 4. The molecule has 0 unspecified atom stereocenters. The van der Waals surface area contributed by atoms with Crippen LogP contribution < -0.4 is 5.73 Å². The number of carbonyl (C=O) groups excluding carboxylic acids is 1. The number of carbonyl (C=O) groups is 1. The van der Waals surface area contributed by atoms with Gasteiger partial charge in [0.25, 0.3) is 0 Å². The number of nitrogens with two attached hydrogens (primary N) is 1. The van der Waals surface area contributed by atoms with Crippen LogP contribution in [0.1, 0.15) is 46.6 Å². The van der Waals surface area contributed by atoms with Gasteiger partial charge in [0.1, 0.15) is 0 Å². The van der Waals surface area contributed by atoms with Crippen LogP contribution in [-0.4, -0.2) is 25.5 Å². The van der Waals surface area contributed by atoms with E-state index in [2.05, 4.69) is 69.4 Å². The van der Waals surface area contributed by atoms with Crippen LogP contribution in [0.5, 0.6) is 0 Å². The molecule has 0 aliphatic rings. The Bertz CT molecular complexity index is 1540. The number of amides is 1. The largest absolute Gasteiger partial charge is 0.366 e. The lowest BCUT2D eigenvalue weighted by atomic mass is 10.0. The van der Waals surface area contributed by atoms with Gasteiger partial charge in [-0.2, -0.15) is 10.2 Å². The SMILES string of the molecule is CCc1cc(C(N)=O)ccc1-n1nc(-c2cccc3nn(CCc4ccccc4)cc23)c(CC)c1C. The van der Waals surface area contributed by atoms with Crippen LogP contribution in [0.15, 0.2) is 72.9 Å². The van der Waals surface area contributed by atoms with Crippen molar-refractivity contribution in [2.24, 2.45) is 5.73 Å². The van der Waals surface area contributed by atoms with Gasteiger partial charge in [-0.3, -0.25) is 9.48 Å². The number of rotatable bonds is 8. The molecule has 0 saturated carbocycles. The van der Waals surface area contributed by atoms with Crippen molar-refractivity contribution in [2.75, 3.05) is 0 Å². The Labute approximate surface area is 211 Å². The summed E-state index contributed by atoms with van der Waals surface area (Å²) in [4.78, 5) is 11.7. The summed E-state index contributed by atoms with van der Waals surface area (Å²) in [7, 11) is 0. The summed E-state index contributed by atoms with van der Waals surface area (Å²) in [6.07, 6.45) is 4.70. The van der Waals surface area contributed by atoms with Crippen molar-refractivity contribution < 1.29 is 4.79 Å². The van der Waals surface area contributed by atoms with Gasteiger partial charge in [0, 0.05) is 40.5 Å². The highest BCUT2D eigenvalue weighted by Crippen LogP contribution is 2.33. The maximum atomic E-state index is 11.7. The van der Waals surface area contributed by atoms with Gasteiger partial charge in [0.15, 0.2) is 0 Å². The number of aromatic nitrogens is 4. The second kappa shape index (κ2) is 9.82. The Morgan fingerprint density at radius 2 is 1.75 bits per heavy atom. The Kier molecular flexibility index (Phi) is 6.42. The minimum absolute atomic E-state index is 0.417. The van der Waals surface area contributed by atoms with Gasteiger partial charge in [-0.15, -0.1) is 0 Å². The third-order valence-corrected chi connectivity index (χ3v) is 6.89. The molecule has 2 aromatic heterocycles. The van der Waals surface area contributed by atoms with Crippen LogP contribution in [0.2, 0.25) is 0 Å². The zero-order valence-corrected chi connectivity index (χ0v) is 21.0. The Hall–Kier alpha value is -4.19. The van der Waals surface area contributed by atoms with E-state index in [4.69, 9.17) is 15.9 Å². The topological polar surface area (TPSA) is 78.7 Å². The highest BCUT2D eigenvalue weighted by Gasteiger charge is 2.20. The zero-order valence-electron chi connectivity index (χ0n) is 21.0. The van der Waals surface area contributed by atoms with Gasteiger partial charge >= 0.3 is 0 Å². The second-order valence-electron chi connectivity index (χ2n) is 9.11. The zero-order chi connectivity index (χ0) is 25.2. The molecule has 0 aliphatic heterocycles. The quantitative estimate of drug-likeness (QED) is 0.313. The summed E-state index contributed by atoms with van der Waals surface area (Å²) in [5, 5.41) is 11.1. The van der Waals surface area contributed by atoms with Crippen molar-refractivity contribution in [3.05, 3.63) is 101 Å². The maximum absolute atomic E-state index is 11.7. The molecule has 2 heterocycles. The van der Waals surface area contributed by atoms with Crippen LogP contribution in [0.3, 0.4) is 0 Å². The molecule has 0 bridgehead atoms. The molecule has 6 nitrogen and oxygen atoms in total. The molecule has 3 aromatic carbocycles. The van der Waals surface area contributed by atoms with E-state index in [1.807, 2.05) is 27.6 Å². The smallest absolute Gasteiger partial charge is 0.248 e. The van der Waals surface area contributed by atoms with Gasteiger partial charge in [0.2, 0.25) is 5.91 Å². The number of fused-ring (bicyclic) bond motifs is 1.